The highest BCUT2D eigenvalue weighted by molar-refractivity contribution is 6.09. The minimum absolute atomic E-state index is 0.0946. The Morgan fingerprint density at radius 2 is 1.78 bits per heavy atom. The van der Waals surface area contributed by atoms with Crippen molar-refractivity contribution in [1.82, 2.24) is 4.57 Å². The number of hydrogen-bond donors (Lipinski definition) is 1. The Bertz CT molecular complexity index is 697. The van der Waals surface area contributed by atoms with E-state index < -0.39 is 0 Å². The second-order valence-electron chi connectivity index (χ2n) is 4.64. The Morgan fingerprint density at radius 1 is 1.00 bits per heavy atom. The summed E-state index contributed by atoms with van der Waals surface area (Å²) in [5.41, 5.74) is 3.45. The van der Waals surface area contributed by atoms with Crippen molar-refractivity contribution in [2.45, 2.75) is 26.5 Å². The van der Waals surface area contributed by atoms with Gasteiger partial charge in [0.2, 0.25) is 0 Å². The fourth-order valence-electron chi connectivity index (χ4n) is 2.77. The van der Waals surface area contributed by atoms with Gasteiger partial charge in [-0.1, -0.05) is 43.3 Å². The summed E-state index contributed by atoms with van der Waals surface area (Å²) >= 11 is 0. The second kappa shape index (κ2) is 4.46. The smallest absolute Gasteiger partial charge is 0.0702 e. The van der Waals surface area contributed by atoms with Crippen LogP contribution in [0.5, 0.6) is 0 Å². The van der Waals surface area contributed by atoms with Gasteiger partial charge in [0.15, 0.2) is 0 Å². The van der Waals surface area contributed by atoms with Gasteiger partial charge in [-0.2, -0.15) is 0 Å². The maximum absolute atomic E-state index is 9.54. The molecule has 0 saturated heterocycles. The van der Waals surface area contributed by atoms with Gasteiger partial charge in [-0.05, 0) is 12.5 Å². The Morgan fingerprint density at radius 3 is 2.56 bits per heavy atom. The molecule has 1 heterocycles. The molecular formula is C16H17NO. The third-order valence-electron chi connectivity index (χ3n) is 3.49. The molecule has 0 aliphatic heterocycles. The highest BCUT2D eigenvalue weighted by atomic mass is 16.3. The molecule has 1 aromatic heterocycles. The quantitative estimate of drug-likeness (QED) is 0.740. The third-order valence-corrected chi connectivity index (χ3v) is 3.49. The first-order chi connectivity index (χ1) is 8.86. The maximum Gasteiger partial charge on any atom is 0.0702 e. The van der Waals surface area contributed by atoms with E-state index in [0.717, 1.165) is 18.5 Å². The number of para-hydroxylation sites is 2. The molecule has 18 heavy (non-hydrogen) atoms. The van der Waals surface area contributed by atoms with E-state index in [-0.39, 0.29) is 6.61 Å². The molecule has 2 heteroatoms. The van der Waals surface area contributed by atoms with Gasteiger partial charge in [0.1, 0.15) is 0 Å². The zero-order valence-corrected chi connectivity index (χ0v) is 10.6. The van der Waals surface area contributed by atoms with Crippen molar-refractivity contribution >= 4 is 21.8 Å². The van der Waals surface area contributed by atoms with Gasteiger partial charge in [0.05, 0.1) is 12.1 Å². The van der Waals surface area contributed by atoms with Crippen LogP contribution in [-0.4, -0.2) is 9.67 Å². The second-order valence-corrected chi connectivity index (χ2v) is 4.64. The van der Waals surface area contributed by atoms with Crippen molar-refractivity contribution in [3.63, 3.8) is 0 Å². The molecule has 2 aromatic carbocycles. The molecule has 0 saturated carbocycles. The molecule has 0 fully saturated rings. The first-order valence-corrected chi connectivity index (χ1v) is 6.46. The van der Waals surface area contributed by atoms with Crippen molar-refractivity contribution in [1.29, 1.82) is 0 Å². The summed E-state index contributed by atoms with van der Waals surface area (Å²) in [4.78, 5) is 0. The van der Waals surface area contributed by atoms with Gasteiger partial charge < -0.3 is 9.67 Å². The molecule has 0 aliphatic rings. The molecule has 0 bridgehead atoms. The van der Waals surface area contributed by atoms with Crippen LogP contribution in [0.25, 0.3) is 21.8 Å². The van der Waals surface area contributed by atoms with Gasteiger partial charge in [-0.15, -0.1) is 0 Å². The lowest BCUT2D eigenvalue weighted by molar-refractivity contribution is 0.283. The maximum atomic E-state index is 9.54. The van der Waals surface area contributed by atoms with Crippen LogP contribution < -0.4 is 0 Å². The van der Waals surface area contributed by atoms with Crippen LogP contribution in [0.15, 0.2) is 42.5 Å². The van der Waals surface area contributed by atoms with Crippen LogP contribution in [-0.2, 0) is 13.2 Å². The first-order valence-electron chi connectivity index (χ1n) is 6.46. The van der Waals surface area contributed by atoms with Crippen molar-refractivity contribution in [2.24, 2.45) is 0 Å². The lowest BCUT2D eigenvalue weighted by Crippen LogP contribution is -1.98. The van der Waals surface area contributed by atoms with E-state index in [2.05, 4.69) is 41.8 Å². The van der Waals surface area contributed by atoms with E-state index in [1.807, 2.05) is 12.1 Å². The SMILES string of the molecule is CCCn1c2ccccc2c2cccc(CO)c21. The van der Waals surface area contributed by atoms with Crippen LogP contribution in [0.2, 0.25) is 0 Å². The number of fused-ring (bicyclic) bond motifs is 3. The number of hydrogen-bond acceptors (Lipinski definition) is 1. The van der Waals surface area contributed by atoms with Crippen LogP contribution in [0, 0.1) is 0 Å². The normalized spacial score (nSPS) is 11.4. The molecule has 92 valence electrons. The molecule has 1 N–H and O–H groups in total. The molecule has 0 atom stereocenters. The minimum atomic E-state index is 0.0946. The summed E-state index contributed by atoms with van der Waals surface area (Å²) in [6.45, 7) is 3.26. The van der Waals surface area contributed by atoms with E-state index in [9.17, 15) is 5.11 Å². The van der Waals surface area contributed by atoms with Crippen LogP contribution in [0.1, 0.15) is 18.9 Å². The molecule has 0 spiro atoms. The van der Waals surface area contributed by atoms with Gasteiger partial charge >= 0.3 is 0 Å². The molecule has 2 nitrogen and oxygen atoms in total. The third kappa shape index (κ3) is 1.53. The lowest BCUT2D eigenvalue weighted by atomic mass is 10.1. The largest absolute Gasteiger partial charge is 0.392 e. The minimum Gasteiger partial charge on any atom is -0.392 e. The summed E-state index contributed by atoms with van der Waals surface area (Å²) < 4.78 is 2.33. The van der Waals surface area contributed by atoms with Gasteiger partial charge in [0.25, 0.3) is 0 Å². The van der Waals surface area contributed by atoms with Crippen molar-refractivity contribution < 1.29 is 5.11 Å². The molecule has 0 aliphatic carbocycles. The standard InChI is InChI=1S/C16H17NO/c1-2-10-17-15-9-4-3-7-13(15)14-8-5-6-12(11-18)16(14)17/h3-9,18H,2,10-11H2,1H3. The topological polar surface area (TPSA) is 25.2 Å². The van der Waals surface area contributed by atoms with Gasteiger partial charge in [0, 0.05) is 28.4 Å². The zero-order chi connectivity index (χ0) is 12.5. The average molecular weight is 239 g/mol. The van der Waals surface area contributed by atoms with Crippen molar-refractivity contribution in [2.75, 3.05) is 0 Å². The fraction of sp³-hybridized carbons (Fsp3) is 0.250. The first kappa shape index (κ1) is 11.3. The van der Waals surface area contributed by atoms with Gasteiger partial charge in [-0.3, -0.25) is 0 Å². The number of aliphatic hydroxyl groups is 1. The lowest BCUT2D eigenvalue weighted by Gasteiger charge is -2.08. The molecule has 3 aromatic rings. The number of nitrogens with zero attached hydrogens (tertiary/aromatic N) is 1. The Labute approximate surface area is 106 Å². The van der Waals surface area contributed by atoms with Crippen LogP contribution >= 0.6 is 0 Å². The van der Waals surface area contributed by atoms with Gasteiger partial charge in [-0.25, -0.2) is 0 Å². The van der Waals surface area contributed by atoms with E-state index in [1.54, 1.807) is 0 Å². The number of aryl methyl sites for hydroxylation is 1. The summed E-state index contributed by atoms with van der Waals surface area (Å²) in [7, 11) is 0. The molecular weight excluding hydrogens is 222 g/mol. The predicted molar refractivity (Wildman–Crippen MR) is 75.7 cm³/mol. The van der Waals surface area contributed by atoms with E-state index >= 15 is 0 Å². The van der Waals surface area contributed by atoms with Crippen LogP contribution in [0.4, 0.5) is 0 Å². The summed E-state index contributed by atoms with van der Waals surface area (Å²) in [6.07, 6.45) is 1.09. The fourth-order valence-corrected chi connectivity index (χ4v) is 2.77. The number of rotatable bonds is 3. The highest BCUT2D eigenvalue weighted by Gasteiger charge is 2.12. The Hall–Kier alpha value is -1.80. The summed E-state index contributed by atoms with van der Waals surface area (Å²) in [5, 5.41) is 12.1. The zero-order valence-electron chi connectivity index (χ0n) is 10.6. The number of aliphatic hydroxyl groups excluding tert-OH is 1. The van der Waals surface area contributed by atoms with Crippen molar-refractivity contribution in [3.8, 4) is 0 Å². The number of benzene rings is 2. The molecule has 0 radical (unpaired) electrons. The number of aromatic nitrogens is 1. The predicted octanol–water partition coefficient (Wildman–Crippen LogP) is 3.70. The van der Waals surface area contributed by atoms with Crippen molar-refractivity contribution in [3.05, 3.63) is 48.0 Å². The van der Waals surface area contributed by atoms with E-state index in [4.69, 9.17) is 0 Å². The molecule has 0 unspecified atom stereocenters. The molecule has 3 rings (SSSR count). The summed E-state index contributed by atoms with van der Waals surface area (Å²) in [6, 6.07) is 14.6. The van der Waals surface area contributed by atoms with E-state index in [1.165, 1.54) is 21.8 Å². The molecule has 0 amide bonds. The summed E-state index contributed by atoms with van der Waals surface area (Å²) in [5.74, 6) is 0. The monoisotopic (exact) mass is 239 g/mol. The Balaban J connectivity index is 2.50. The Kier molecular flexibility index (Phi) is 2.80. The highest BCUT2D eigenvalue weighted by Crippen LogP contribution is 2.31. The average Bonchev–Trinajstić information content (AvgIpc) is 2.74. The van der Waals surface area contributed by atoms with E-state index in [0.29, 0.717) is 0 Å². The van der Waals surface area contributed by atoms with Crippen LogP contribution in [0.3, 0.4) is 0 Å².